The Hall–Kier alpha value is -0.140. The van der Waals surface area contributed by atoms with E-state index in [1.165, 1.54) is 12.8 Å². The van der Waals surface area contributed by atoms with E-state index in [-0.39, 0.29) is 11.8 Å². The normalized spacial score (nSPS) is 32.3. The van der Waals surface area contributed by atoms with Gasteiger partial charge in [0.15, 0.2) is 0 Å². The van der Waals surface area contributed by atoms with Crippen molar-refractivity contribution in [3.05, 3.63) is 0 Å². The Bertz CT molecular complexity index is 260. The molecule has 0 amide bonds. The Labute approximate surface area is 111 Å². The lowest BCUT2D eigenvalue weighted by Gasteiger charge is -2.17. The molecular weight excluding hydrogens is 230 g/mol. The molecule has 18 heavy (non-hydrogen) atoms. The minimum absolute atomic E-state index is 0.132. The van der Waals surface area contributed by atoms with Gasteiger partial charge in [0.05, 0.1) is 0 Å². The van der Waals surface area contributed by atoms with Gasteiger partial charge in [-0.2, -0.15) is 0 Å². The largest absolute Gasteiger partial charge is 0.247 e. The highest BCUT2D eigenvalue weighted by Crippen LogP contribution is 2.48. The van der Waals surface area contributed by atoms with Gasteiger partial charge in [0.25, 0.3) is 0 Å². The molecule has 2 fully saturated rings. The Morgan fingerprint density at radius 3 is 2.06 bits per heavy atom. The fourth-order valence-electron chi connectivity index (χ4n) is 2.98. The fourth-order valence-corrected chi connectivity index (χ4v) is 2.98. The molecule has 2 saturated carbocycles. The van der Waals surface area contributed by atoms with Crippen molar-refractivity contribution in [3.8, 4) is 0 Å². The van der Waals surface area contributed by atoms with E-state index in [9.17, 15) is 8.78 Å². The molecule has 0 heterocycles. The van der Waals surface area contributed by atoms with E-state index in [4.69, 9.17) is 0 Å². The number of hydrogen-bond acceptors (Lipinski definition) is 0. The number of alkyl halides is 2. The molecule has 0 aliphatic heterocycles. The highest BCUT2D eigenvalue weighted by Gasteiger charge is 2.41. The van der Waals surface area contributed by atoms with Gasteiger partial charge in [0, 0.05) is 0 Å². The predicted octanol–water partition coefficient (Wildman–Crippen LogP) is 5.17. The summed E-state index contributed by atoms with van der Waals surface area (Å²) in [5, 5.41) is 0. The molecule has 0 radical (unpaired) electrons. The summed E-state index contributed by atoms with van der Waals surface area (Å²) < 4.78 is 27.5. The lowest BCUT2D eigenvalue weighted by molar-refractivity contribution is 0.195. The molecule has 2 aliphatic rings. The van der Waals surface area contributed by atoms with Crippen LogP contribution >= 0.6 is 0 Å². The zero-order valence-corrected chi connectivity index (χ0v) is 12.0. The van der Waals surface area contributed by atoms with Crippen molar-refractivity contribution in [2.24, 2.45) is 29.6 Å². The second kappa shape index (κ2) is 5.88. The summed E-state index contributed by atoms with van der Waals surface area (Å²) in [6.45, 7) is 5.92. The van der Waals surface area contributed by atoms with E-state index in [0.717, 1.165) is 19.3 Å². The summed E-state index contributed by atoms with van der Waals surface area (Å²) in [5.41, 5.74) is 0. The van der Waals surface area contributed by atoms with E-state index < -0.39 is 12.3 Å². The molecule has 2 heteroatoms. The molecule has 106 valence electrons. The summed E-state index contributed by atoms with van der Waals surface area (Å²) in [5.74, 6) is 2.13. The van der Waals surface area contributed by atoms with Crippen LogP contribution in [0.15, 0.2) is 0 Å². The molecule has 0 aromatic rings. The van der Waals surface area contributed by atoms with Gasteiger partial charge < -0.3 is 0 Å². The molecule has 2 rings (SSSR count). The molecule has 0 nitrogen and oxygen atoms in total. The average Bonchev–Trinajstić information content (AvgIpc) is 3.18. The predicted molar refractivity (Wildman–Crippen MR) is 72.0 cm³/mol. The molecular formula is C16H28F2. The number of rotatable bonds is 8. The van der Waals surface area contributed by atoms with Crippen molar-refractivity contribution in [2.75, 3.05) is 0 Å². The summed E-state index contributed by atoms with van der Waals surface area (Å²) >= 11 is 0. The van der Waals surface area contributed by atoms with Crippen LogP contribution in [0.2, 0.25) is 0 Å². The average molecular weight is 258 g/mol. The van der Waals surface area contributed by atoms with Crippen LogP contribution in [0, 0.1) is 29.6 Å². The maximum absolute atomic E-state index is 13.9. The Kier molecular flexibility index (Phi) is 4.66. The third-order valence-corrected chi connectivity index (χ3v) is 4.87. The lowest BCUT2D eigenvalue weighted by atomic mass is 9.93. The van der Waals surface area contributed by atoms with Crippen LogP contribution < -0.4 is 0 Å². The maximum Gasteiger partial charge on any atom is 0.103 e. The van der Waals surface area contributed by atoms with Crippen LogP contribution in [0.3, 0.4) is 0 Å². The maximum atomic E-state index is 13.9. The first-order chi connectivity index (χ1) is 8.47. The van der Waals surface area contributed by atoms with Gasteiger partial charge in [0.2, 0.25) is 0 Å². The third-order valence-electron chi connectivity index (χ3n) is 4.87. The molecule has 0 saturated heterocycles. The highest BCUT2D eigenvalue weighted by molar-refractivity contribution is 4.91. The molecule has 0 bridgehead atoms. The number of halogens is 2. The van der Waals surface area contributed by atoms with Gasteiger partial charge in [-0.1, -0.05) is 33.6 Å². The van der Waals surface area contributed by atoms with Crippen molar-refractivity contribution in [3.63, 3.8) is 0 Å². The van der Waals surface area contributed by atoms with E-state index in [1.54, 1.807) is 0 Å². The van der Waals surface area contributed by atoms with Crippen molar-refractivity contribution < 1.29 is 8.78 Å². The SMILES string of the molecule is CC(CC1CC1C[C@H](F)C(C)C)C(F)CC1CC1. The Balaban J connectivity index is 1.62. The fraction of sp³-hybridized carbons (Fsp3) is 1.00. The molecule has 0 aromatic heterocycles. The Morgan fingerprint density at radius 1 is 0.889 bits per heavy atom. The van der Waals surface area contributed by atoms with Crippen LogP contribution in [0.4, 0.5) is 8.78 Å². The highest BCUT2D eigenvalue weighted by atomic mass is 19.1. The van der Waals surface area contributed by atoms with Gasteiger partial charge in [0.1, 0.15) is 12.3 Å². The standard InChI is InChI=1S/C16H28F2/c1-10(2)15(17)9-14-8-13(14)6-11(3)16(18)7-12-4-5-12/h10-16H,4-9H2,1-3H3/t11?,13?,14?,15-,16?/m0/s1. The van der Waals surface area contributed by atoms with Crippen molar-refractivity contribution in [1.29, 1.82) is 0 Å². The van der Waals surface area contributed by atoms with Gasteiger partial charge in [-0.3, -0.25) is 0 Å². The first-order valence-corrected chi connectivity index (χ1v) is 7.75. The van der Waals surface area contributed by atoms with Gasteiger partial charge in [-0.05, 0) is 55.3 Å². The molecule has 4 unspecified atom stereocenters. The molecule has 2 aliphatic carbocycles. The van der Waals surface area contributed by atoms with Gasteiger partial charge in [-0.15, -0.1) is 0 Å². The van der Waals surface area contributed by atoms with Crippen LogP contribution in [-0.2, 0) is 0 Å². The summed E-state index contributed by atoms with van der Waals surface area (Å²) in [6.07, 6.45) is 4.77. The van der Waals surface area contributed by atoms with Crippen molar-refractivity contribution >= 4 is 0 Å². The second-order valence-electron chi connectivity index (χ2n) is 7.16. The van der Waals surface area contributed by atoms with E-state index in [1.807, 2.05) is 20.8 Å². The van der Waals surface area contributed by atoms with Crippen LogP contribution in [0.5, 0.6) is 0 Å². The summed E-state index contributed by atoms with van der Waals surface area (Å²) in [4.78, 5) is 0. The van der Waals surface area contributed by atoms with Gasteiger partial charge >= 0.3 is 0 Å². The summed E-state index contributed by atoms with van der Waals surface area (Å²) in [6, 6.07) is 0. The van der Waals surface area contributed by atoms with Crippen LogP contribution in [0.1, 0.15) is 59.3 Å². The van der Waals surface area contributed by atoms with E-state index in [2.05, 4.69) is 0 Å². The first kappa shape index (κ1) is 14.3. The van der Waals surface area contributed by atoms with E-state index >= 15 is 0 Å². The smallest absolute Gasteiger partial charge is 0.103 e. The zero-order chi connectivity index (χ0) is 13.3. The topological polar surface area (TPSA) is 0 Å². The van der Waals surface area contributed by atoms with Crippen molar-refractivity contribution in [1.82, 2.24) is 0 Å². The first-order valence-electron chi connectivity index (χ1n) is 7.75. The van der Waals surface area contributed by atoms with Gasteiger partial charge in [-0.25, -0.2) is 8.78 Å². The molecule has 0 aromatic carbocycles. The van der Waals surface area contributed by atoms with E-state index in [0.29, 0.717) is 24.2 Å². The van der Waals surface area contributed by atoms with Crippen molar-refractivity contribution in [2.45, 2.75) is 71.6 Å². The molecule has 0 N–H and O–H groups in total. The molecule has 5 atom stereocenters. The lowest BCUT2D eigenvalue weighted by Crippen LogP contribution is -2.15. The quantitative estimate of drug-likeness (QED) is 0.563. The van der Waals surface area contributed by atoms with Crippen LogP contribution in [0.25, 0.3) is 0 Å². The Morgan fingerprint density at radius 2 is 1.50 bits per heavy atom. The minimum Gasteiger partial charge on any atom is -0.247 e. The molecule has 0 spiro atoms. The zero-order valence-electron chi connectivity index (χ0n) is 12.0. The second-order valence-corrected chi connectivity index (χ2v) is 7.16. The summed E-state index contributed by atoms with van der Waals surface area (Å²) in [7, 11) is 0. The van der Waals surface area contributed by atoms with Crippen LogP contribution in [-0.4, -0.2) is 12.3 Å². The monoisotopic (exact) mass is 258 g/mol. The minimum atomic E-state index is -0.664. The third kappa shape index (κ3) is 4.20. The number of hydrogen-bond donors (Lipinski definition) is 0.